The summed E-state index contributed by atoms with van der Waals surface area (Å²) in [6.45, 7) is 4.85. The van der Waals surface area contributed by atoms with E-state index in [4.69, 9.17) is 16.3 Å². The molecular weight excluding hydrogens is 294 g/mol. The van der Waals surface area contributed by atoms with Crippen LogP contribution in [-0.2, 0) is 0 Å². The van der Waals surface area contributed by atoms with Crippen LogP contribution in [0, 0.1) is 17.7 Å². The average molecular weight is 310 g/mol. The van der Waals surface area contributed by atoms with Gasteiger partial charge in [-0.1, -0.05) is 41.4 Å². The van der Waals surface area contributed by atoms with Crippen LogP contribution in [0.25, 0.3) is 0 Å². The fourth-order valence-corrected chi connectivity index (χ4v) is 2.24. The number of halogens is 3. The molecule has 1 aromatic carbocycles. The molecule has 90 valence electrons. The normalized spacial score (nSPS) is 12.9. The molecule has 0 aliphatic heterocycles. The minimum Gasteiger partial charge on any atom is -0.493 e. The molecule has 1 atom stereocenters. The van der Waals surface area contributed by atoms with Crippen molar-refractivity contribution in [2.75, 3.05) is 11.9 Å². The van der Waals surface area contributed by atoms with Gasteiger partial charge < -0.3 is 4.74 Å². The predicted molar refractivity (Wildman–Crippen MR) is 69.0 cm³/mol. The molecule has 0 fully saturated rings. The zero-order valence-corrected chi connectivity index (χ0v) is 11.7. The predicted octanol–water partition coefficient (Wildman–Crippen LogP) is 4.53. The second-order valence-corrected chi connectivity index (χ2v) is 5.10. The molecule has 0 bridgehead atoms. The summed E-state index contributed by atoms with van der Waals surface area (Å²) in [6.07, 6.45) is 0. The summed E-state index contributed by atoms with van der Waals surface area (Å²) in [6, 6.07) is 4.50. The maximum atomic E-state index is 13.1. The van der Waals surface area contributed by atoms with Crippen molar-refractivity contribution in [3.63, 3.8) is 0 Å². The summed E-state index contributed by atoms with van der Waals surface area (Å²) in [5.74, 6) is 1.02. The van der Waals surface area contributed by atoms with Gasteiger partial charge in [-0.25, -0.2) is 4.39 Å². The molecule has 0 aliphatic carbocycles. The first-order valence-corrected chi connectivity index (χ1v) is 6.68. The van der Waals surface area contributed by atoms with Gasteiger partial charge in [0, 0.05) is 17.3 Å². The van der Waals surface area contributed by atoms with Crippen molar-refractivity contribution < 1.29 is 9.13 Å². The molecule has 0 amide bonds. The number of hydrogen-bond donors (Lipinski definition) is 0. The quantitative estimate of drug-likeness (QED) is 0.726. The maximum Gasteiger partial charge on any atom is 0.145 e. The van der Waals surface area contributed by atoms with Gasteiger partial charge in [0.2, 0.25) is 0 Å². The van der Waals surface area contributed by atoms with E-state index in [1.807, 2.05) is 0 Å². The first kappa shape index (κ1) is 13.8. The Balaban J connectivity index is 2.57. The lowest BCUT2D eigenvalue weighted by atomic mass is 9.99. The number of benzene rings is 1. The Morgan fingerprint density at radius 3 is 2.62 bits per heavy atom. The van der Waals surface area contributed by atoms with Crippen LogP contribution in [0.15, 0.2) is 18.2 Å². The largest absolute Gasteiger partial charge is 0.493 e. The van der Waals surface area contributed by atoms with E-state index >= 15 is 0 Å². The fourth-order valence-electron chi connectivity index (χ4n) is 1.19. The van der Waals surface area contributed by atoms with Crippen LogP contribution >= 0.6 is 27.5 Å². The van der Waals surface area contributed by atoms with E-state index in [1.54, 1.807) is 6.07 Å². The maximum absolute atomic E-state index is 13.1. The first-order valence-electron chi connectivity index (χ1n) is 5.18. The van der Waals surface area contributed by atoms with Crippen molar-refractivity contribution in [3.05, 3.63) is 29.0 Å². The summed E-state index contributed by atoms with van der Waals surface area (Å²) >= 11 is 9.02. The molecular formula is C12H15BrClFO. The molecule has 0 saturated heterocycles. The monoisotopic (exact) mass is 308 g/mol. The molecule has 1 unspecified atom stereocenters. The summed E-state index contributed by atoms with van der Waals surface area (Å²) in [5.41, 5.74) is 0. The lowest BCUT2D eigenvalue weighted by Crippen LogP contribution is -2.19. The molecule has 0 spiro atoms. The van der Waals surface area contributed by atoms with Crippen molar-refractivity contribution in [1.29, 1.82) is 0 Å². The van der Waals surface area contributed by atoms with Gasteiger partial charge in [0.1, 0.15) is 11.6 Å². The van der Waals surface area contributed by atoms with E-state index in [0.29, 0.717) is 24.2 Å². The molecule has 0 saturated carbocycles. The molecule has 4 heteroatoms. The topological polar surface area (TPSA) is 9.23 Å². The third kappa shape index (κ3) is 3.95. The third-order valence-electron chi connectivity index (χ3n) is 2.50. The Morgan fingerprint density at radius 2 is 2.12 bits per heavy atom. The second-order valence-electron chi connectivity index (χ2n) is 4.05. The van der Waals surface area contributed by atoms with Crippen molar-refractivity contribution >= 4 is 27.5 Å². The van der Waals surface area contributed by atoms with Crippen LogP contribution in [0.4, 0.5) is 4.39 Å². The Kier molecular flexibility index (Phi) is 5.56. The molecule has 0 aliphatic rings. The minimum atomic E-state index is -0.445. The highest BCUT2D eigenvalue weighted by Gasteiger charge is 2.13. The Morgan fingerprint density at radius 1 is 1.44 bits per heavy atom. The van der Waals surface area contributed by atoms with Gasteiger partial charge in [0.25, 0.3) is 0 Å². The van der Waals surface area contributed by atoms with Crippen LogP contribution in [0.3, 0.4) is 0 Å². The van der Waals surface area contributed by atoms with Crippen LogP contribution in [0.2, 0.25) is 5.02 Å². The van der Waals surface area contributed by atoms with Crippen LogP contribution in [0.1, 0.15) is 13.8 Å². The second kappa shape index (κ2) is 6.45. The van der Waals surface area contributed by atoms with Crippen molar-refractivity contribution in [2.24, 2.45) is 11.8 Å². The highest BCUT2D eigenvalue weighted by molar-refractivity contribution is 9.09. The molecule has 0 aromatic heterocycles. The minimum absolute atomic E-state index is 0.119. The molecule has 1 nitrogen and oxygen atoms in total. The van der Waals surface area contributed by atoms with Gasteiger partial charge in [-0.15, -0.1) is 0 Å². The number of rotatable bonds is 5. The Labute approximate surface area is 109 Å². The lowest BCUT2D eigenvalue weighted by Gasteiger charge is -2.18. The van der Waals surface area contributed by atoms with Gasteiger partial charge in [-0.2, -0.15) is 0 Å². The number of hydrogen-bond acceptors (Lipinski definition) is 1. The number of ether oxygens (including phenoxy) is 1. The van der Waals surface area contributed by atoms with Crippen molar-refractivity contribution in [1.82, 2.24) is 0 Å². The van der Waals surface area contributed by atoms with Crippen LogP contribution < -0.4 is 4.74 Å². The Hall–Kier alpha value is -0.280. The number of alkyl halides is 1. The van der Waals surface area contributed by atoms with E-state index in [0.717, 1.165) is 5.33 Å². The van der Waals surface area contributed by atoms with Gasteiger partial charge in [-0.05, 0) is 18.1 Å². The molecule has 1 aromatic rings. The average Bonchev–Trinajstić information content (AvgIpc) is 2.23. The molecule has 16 heavy (non-hydrogen) atoms. The Bertz CT molecular complexity index is 344. The van der Waals surface area contributed by atoms with E-state index in [2.05, 4.69) is 29.8 Å². The van der Waals surface area contributed by atoms with Crippen molar-refractivity contribution in [3.8, 4) is 5.75 Å². The molecule has 1 rings (SSSR count). The standard InChI is InChI=1S/C12H15BrClFO/c1-8(2)9(6-13)7-16-10-3-4-11(14)12(15)5-10/h3-5,8-9H,6-7H2,1-2H3. The molecule has 0 heterocycles. The zero-order chi connectivity index (χ0) is 12.1. The SMILES string of the molecule is CC(C)C(CBr)COc1ccc(Cl)c(F)c1. The van der Waals surface area contributed by atoms with Crippen LogP contribution in [0.5, 0.6) is 5.75 Å². The highest BCUT2D eigenvalue weighted by Crippen LogP contribution is 2.22. The third-order valence-corrected chi connectivity index (χ3v) is 3.63. The van der Waals surface area contributed by atoms with E-state index < -0.39 is 5.82 Å². The molecule has 0 N–H and O–H groups in total. The van der Waals surface area contributed by atoms with Gasteiger partial charge >= 0.3 is 0 Å². The fraction of sp³-hybridized carbons (Fsp3) is 0.500. The van der Waals surface area contributed by atoms with E-state index in [1.165, 1.54) is 12.1 Å². The van der Waals surface area contributed by atoms with E-state index in [9.17, 15) is 4.39 Å². The summed E-state index contributed by atoms with van der Waals surface area (Å²) in [7, 11) is 0. The summed E-state index contributed by atoms with van der Waals surface area (Å²) in [4.78, 5) is 0. The smallest absolute Gasteiger partial charge is 0.145 e. The summed E-state index contributed by atoms with van der Waals surface area (Å²) in [5, 5.41) is 0.994. The highest BCUT2D eigenvalue weighted by atomic mass is 79.9. The lowest BCUT2D eigenvalue weighted by molar-refractivity contribution is 0.227. The first-order chi connectivity index (χ1) is 7.54. The molecule has 0 radical (unpaired) electrons. The van der Waals surface area contributed by atoms with Gasteiger partial charge in [-0.3, -0.25) is 0 Å². The van der Waals surface area contributed by atoms with Gasteiger partial charge in [0.15, 0.2) is 0 Å². The van der Waals surface area contributed by atoms with E-state index in [-0.39, 0.29) is 5.02 Å². The van der Waals surface area contributed by atoms with Crippen molar-refractivity contribution in [2.45, 2.75) is 13.8 Å². The summed E-state index contributed by atoms with van der Waals surface area (Å²) < 4.78 is 18.7. The zero-order valence-electron chi connectivity index (χ0n) is 9.34. The van der Waals surface area contributed by atoms with Gasteiger partial charge in [0.05, 0.1) is 11.6 Å². The van der Waals surface area contributed by atoms with Crippen LogP contribution in [-0.4, -0.2) is 11.9 Å².